The Morgan fingerprint density at radius 2 is 1.90 bits per heavy atom. The van der Waals surface area contributed by atoms with E-state index in [4.69, 9.17) is 4.74 Å². The summed E-state index contributed by atoms with van der Waals surface area (Å²) in [5.74, 6) is -0.956. The average Bonchev–Trinajstić information content (AvgIpc) is 3.56. The Morgan fingerprint density at radius 3 is 2.60 bits per heavy atom. The van der Waals surface area contributed by atoms with Gasteiger partial charge in [0.15, 0.2) is 5.01 Å². The molecule has 1 aromatic heterocycles. The van der Waals surface area contributed by atoms with Crippen molar-refractivity contribution in [1.82, 2.24) is 20.9 Å². The Labute approximate surface area is 237 Å². The van der Waals surface area contributed by atoms with Gasteiger partial charge in [0.25, 0.3) is 0 Å². The van der Waals surface area contributed by atoms with E-state index in [1.54, 1.807) is 25.3 Å². The number of ketones is 1. The molecule has 0 saturated carbocycles. The number of aromatic nitrogens is 1. The van der Waals surface area contributed by atoms with Crippen LogP contribution in [0.15, 0.2) is 48.5 Å². The third-order valence-corrected chi connectivity index (χ3v) is 7.75. The van der Waals surface area contributed by atoms with Gasteiger partial charge in [-0.15, -0.1) is 11.3 Å². The Bertz CT molecular complexity index is 1340. The van der Waals surface area contributed by atoms with Crippen LogP contribution in [0.1, 0.15) is 42.9 Å². The number of hydrogen-bond donors (Lipinski definition) is 4. The zero-order valence-corrected chi connectivity index (χ0v) is 23.7. The molecule has 0 aliphatic carbocycles. The van der Waals surface area contributed by atoms with Gasteiger partial charge in [0.2, 0.25) is 23.5 Å². The van der Waals surface area contributed by atoms with E-state index >= 15 is 0 Å². The quantitative estimate of drug-likeness (QED) is 0.234. The molecular formula is C29H35N5O5S. The summed E-state index contributed by atoms with van der Waals surface area (Å²) >= 11 is 1.26. The normalized spacial score (nSPS) is 16.3. The summed E-state index contributed by atoms with van der Waals surface area (Å²) < 4.78 is 6.07. The highest BCUT2D eigenvalue weighted by molar-refractivity contribution is 7.20. The van der Waals surface area contributed by atoms with Crippen molar-refractivity contribution in [3.8, 4) is 5.75 Å². The molecule has 1 aliphatic rings. The van der Waals surface area contributed by atoms with Crippen LogP contribution in [0.25, 0.3) is 10.2 Å². The SMILES string of the molecule is COc1cccc(NCC(=O)N[C@@H](CC(C)C)C(=O)N[C@H](C[C@@H]2CCNC2=O)C(=O)c2nc3ccccc3s2)c1. The van der Waals surface area contributed by atoms with Crippen molar-refractivity contribution in [2.24, 2.45) is 11.8 Å². The lowest BCUT2D eigenvalue weighted by atomic mass is 9.95. The van der Waals surface area contributed by atoms with E-state index in [2.05, 4.69) is 26.3 Å². The standard InChI is InChI=1S/C29H35N5O5S/c1-17(2)13-23(32-25(35)16-31-19-7-6-8-20(15-19)39-3)28(38)33-22(14-18-11-12-30-27(18)37)26(36)29-34-21-9-4-5-10-24(21)40-29/h4-10,15,17-18,22-23,31H,11-14,16H2,1-3H3,(H,30,37)(H,32,35)(H,33,38)/t18-,22+,23-/m0/s1. The number of para-hydroxylation sites is 1. The molecule has 10 nitrogen and oxygen atoms in total. The Morgan fingerprint density at radius 1 is 1.10 bits per heavy atom. The van der Waals surface area contributed by atoms with Crippen LogP contribution in [0.3, 0.4) is 0 Å². The Hall–Kier alpha value is -3.99. The molecule has 3 atom stereocenters. The minimum Gasteiger partial charge on any atom is -0.497 e. The number of carbonyl (C=O) groups excluding carboxylic acids is 4. The summed E-state index contributed by atoms with van der Waals surface area (Å²) in [5.41, 5.74) is 1.41. The molecule has 2 aromatic carbocycles. The highest BCUT2D eigenvalue weighted by Crippen LogP contribution is 2.25. The number of thiazole rings is 1. The molecule has 1 aliphatic heterocycles. The third kappa shape index (κ3) is 7.56. The fraction of sp³-hybridized carbons (Fsp3) is 0.414. The number of Topliss-reactive ketones (excluding diaryl/α,β-unsaturated/α-hetero) is 1. The predicted molar refractivity (Wildman–Crippen MR) is 154 cm³/mol. The van der Waals surface area contributed by atoms with Gasteiger partial charge in [0.05, 0.1) is 29.9 Å². The van der Waals surface area contributed by atoms with Gasteiger partial charge >= 0.3 is 0 Å². The van der Waals surface area contributed by atoms with Crippen molar-refractivity contribution < 1.29 is 23.9 Å². The molecule has 1 fully saturated rings. The van der Waals surface area contributed by atoms with Crippen LogP contribution < -0.4 is 26.0 Å². The third-order valence-electron chi connectivity index (χ3n) is 6.70. The van der Waals surface area contributed by atoms with Gasteiger partial charge in [-0.2, -0.15) is 0 Å². The summed E-state index contributed by atoms with van der Waals surface area (Å²) in [7, 11) is 1.56. The number of fused-ring (bicyclic) bond motifs is 1. The van der Waals surface area contributed by atoms with Gasteiger partial charge < -0.3 is 26.0 Å². The molecule has 2 heterocycles. The second kappa shape index (κ2) is 13.4. The van der Waals surface area contributed by atoms with E-state index in [1.807, 2.05) is 44.2 Å². The van der Waals surface area contributed by atoms with Crippen LogP contribution in [-0.2, 0) is 14.4 Å². The first kappa shape index (κ1) is 29.0. The van der Waals surface area contributed by atoms with Crippen molar-refractivity contribution in [2.45, 2.75) is 45.2 Å². The fourth-order valence-electron chi connectivity index (χ4n) is 4.65. The summed E-state index contributed by atoms with van der Waals surface area (Å²) in [5, 5.41) is 11.8. The molecule has 40 heavy (non-hydrogen) atoms. The minimum absolute atomic E-state index is 0.0502. The van der Waals surface area contributed by atoms with Crippen LogP contribution in [-0.4, -0.2) is 60.8 Å². The predicted octanol–water partition coefficient (Wildman–Crippen LogP) is 3.14. The number of amides is 3. The molecule has 0 radical (unpaired) electrons. The fourth-order valence-corrected chi connectivity index (χ4v) is 5.61. The Kier molecular flexibility index (Phi) is 9.70. The van der Waals surface area contributed by atoms with Crippen molar-refractivity contribution in [2.75, 3.05) is 25.5 Å². The second-order valence-corrected chi connectivity index (χ2v) is 11.3. The molecule has 4 rings (SSSR count). The molecule has 212 valence electrons. The van der Waals surface area contributed by atoms with Crippen LogP contribution in [0.5, 0.6) is 5.75 Å². The highest BCUT2D eigenvalue weighted by Gasteiger charge is 2.34. The maximum absolute atomic E-state index is 13.6. The first-order valence-corrected chi connectivity index (χ1v) is 14.2. The molecular weight excluding hydrogens is 530 g/mol. The lowest BCUT2D eigenvalue weighted by Crippen LogP contribution is -2.53. The first-order chi connectivity index (χ1) is 19.2. The summed E-state index contributed by atoms with van der Waals surface area (Å²) in [4.78, 5) is 56.7. The second-order valence-electron chi connectivity index (χ2n) is 10.3. The van der Waals surface area contributed by atoms with Gasteiger partial charge in [-0.3, -0.25) is 19.2 Å². The van der Waals surface area contributed by atoms with E-state index in [9.17, 15) is 19.2 Å². The van der Waals surface area contributed by atoms with E-state index in [0.29, 0.717) is 36.3 Å². The topological polar surface area (TPSA) is 139 Å². The molecule has 3 aromatic rings. The van der Waals surface area contributed by atoms with Gasteiger partial charge in [0.1, 0.15) is 11.8 Å². The van der Waals surface area contributed by atoms with Gasteiger partial charge in [-0.05, 0) is 49.4 Å². The minimum atomic E-state index is -0.955. The van der Waals surface area contributed by atoms with Crippen LogP contribution in [0.2, 0.25) is 0 Å². The van der Waals surface area contributed by atoms with Crippen molar-refractivity contribution >= 4 is 50.7 Å². The molecule has 1 saturated heterocycles. The summed E-state index contributed by atoms with van der Waals surface area (Å²) in [6, 6.07) is 12.8. The zero-order chi connectivity index (χ0) is 28.6. The number of rotatable bonds is 13. The van der Waals surface area contributed by atoms with E-state index in [0.717, 1.165) is 4.70 Å². The van der Waals surface area contributed by atoms with Crippen LogP contribution in [0, 0.1) is 11.8 Å². The Balaban J connectivity index is 1.47. The van der Waals surface area contributed by atoms with Gasteiger partial charge in [-0.25, -0.2) is 4.98 Å². The number of carbonyl (C=O) groups is 4. The van der Waals surface area contributed by atoms with Crippen molar-refractivity contribution in [3.63, 3.8) is 0 Å². The summed E-state index contributed by atoms with van der Waals surface area (Å²) in [6.07, 6.45) is 1.12. The van der Waals surface area contributed by atoms with Crippen LogP contribution >= 0.6 is 11.3 Å². The van der Waals surface area contributed by atoms with Gasteiger partial charge in [0, 0.05) is 24.2 Å². The summed E-state index contributed by atoms with van der Waals surface area (Å²) in [6.45, 7) is 4.39. The highest BCUT2D eigenvalue weighted by atomic mass is 32.1. The molecule has 0 unspecified atom stereocenters. The molecule has 11 heteroatoms. The smallest absolute Gasteiger partial charge is 0.243 e. The molecule has 4 N–H and O–H groups in total. The number of ether oxygens (including phenoxy) is 1. The number of methoxy groups -OCH3 is 1. The molecule has 0 bridgehead atoms. The van der Waals surface area contributed by atoms with E-state index in [-0.39, 0.29) is 41.5 Å². The lowest BCUT2D eigenvalue weighted by molar-refractivity contribution is -0.129. The lowest BCUT2D eigenvalue weighted by Gasteiger charge is -2.24. The number of benzene rings is 2. The molecule has 0 spiro atoms. The zero-order valence-electron chi connectivity index (χ0n) is 22.9. The van der Waals surface area contributed by atoms with Crippen LogP contribution in [0.4, 0.5) is 5.69 Å². The van der Waals surface area contributed by atoms with Gasteiger partial charge in [-0.1, -0.05) is 32.0 Å². The maximum atomic E-state index is 13.6. The number of anilines is 1. The van der Waals surface area contributed by atoms with Crippen molar-refractivity contribution in [3.05, 3.63) is 53.5 Å². The number of nitrogens with one attached hydrogen (secondary N) is 4. The van der Waals surface area contributed by atoms with E-state index in [1.165, 1.54) is 11.3 Å². The number of hydrogen-bond acceptors (Lipinski definition) is 8. The largest absolute Gasteiger partial charge is 0.497 e. The van der Waals surface area contributed by atoms with Crippen molar-refractivity contribution in [1.29, 1.82) is 0 Å². The average molecular weight is 566 g/mol. The monoisotopic (exact) mass is 565 g/mol. The first-order valence-electron chi connectivity index (χ1n) is 13.4. The van der Waals surface area contributed by atoms with E-state index < -0.39 is 23.9 Å². The maximum Gasteiger partial charge on any atom is 0.243 e. The number of nitrogens with zero attached hydrogens (tertiary/aromatic N) is 1. The molecule has 3 amide bonds.